The highest BCUT2D eigenvalue weighted by Crippen LogP contribution is 2.27. The second-order valence-electron chi connectivity index (χ2n) is 4.92. The quantitative estimate of drug-likeness (QED) is 0.183. The zero-order valence-corrected chi connectivity index (χ0v) is 14.1. The maximum atomic E-state index is 12.2. The molecule has 0 aliphatic carbocycles. The molecule has 0 saturated heterocycles. The molecule has 1 aromatic heterocycles. The van der Waals surface area contributed by atoms with Gasteiger partial charge in [0.25, 0.3) is 5.69 Å². The number of nitro groups is 1. The van der Waals surface area contributed by atoms with Gasteiger partial charge in [-0.05, 0) is 18.2 Å². The van der Waals surface area contributed by atoms with E-state index in [9.17, 15) is 36.9 Å². The number of phenols is 2. The molecule has 0 bridgehead atoms. The first kappa shape index (κ1) is 23.1. The molecule has 29 heavy (non-hydrogen) atoms. The van der Waals surface area contributed by atoms with Crippen LogP contribution in [0.4, 0.5) is 27.6 Å². The number of rotatable bonds is 1. The van der Waals surface area contributed by atoms with Gasteiger partial charge in [0.2, 0.25) is 34.6 Å². The van der Waals surface area contributed by atoms with Crippen molar-refractivity contribution >= 4 is 5.69 Å². The highest BCUT2D eigenvalue weighted by Gasteiger charge is 2.24. The minimum Gasteiger partial charge on any atom is -0.508 e. The number of aromatic nitrogens is 1. The molecule has 2 aromatic carbocycles. The van der Waals surface area contributed by atoms with Crippen LogP contribution in [0.5, 0.6) is 11.5 Å². The van der Waals surface area contributed by atoms with Gasteiger partial charge >= 0.3 is 0 Å². The normalized spacial score (nSPS) is 9.55. The summed E-state index contributed by atoms with van der Waals surface area (Å²) < 4.78 is 60.6. The van der Waals surface area contributed by atoms with Gasteiger partial charge in [-0.3, -0.25) is 14.9 Å². The van der Waals surface area contributed by atoms with Gasteiger partial charge in [0.15, 0.2) is 5.75 Å². The molecule has 0 radical (unpaired) electrons. The van der Waals surface area contributed by atoms with Crippen molar-refractivity contribution in [3.63, 3.8) is 0 Å². The van der Waals surface area contributed by atoms with Crippen LogP contribution in [-0.4, -0.2) is 20.1 Å². The molecule has 0 aliphatic heterocycles. The van der Waals surface area contributed by atoms with E-state index in [2.05, 4.69) is 4.98 Å². The van der Waals surface area contributed by atoms with Gasteiger partial charge in [-0.15, -0.1) is 0 Å². The maximum absolute atomic E-state index is 12.2. The van der Waals surface area contributed by atoms with E-state index in [1.165, 1.54) is 30.3 Å². The maximum Gasteiger partial charge on any atom is 0.269 e. The molecule has 0 amide bonds. The van der Waals surface area contributed by atoms with E-state index in [-0.39, 0.29) is 17.0 Å². The SMILES string of the molecule is O=[N+]([O-])c1ccc(O)cc1.O=c1cccc[nH]1.Oc1c(F)c(F)c(F)c(F)c1F. The van der Waals surface area contributed by atoms with Crippen molar-refractivity contribution in [2.24, 2.45) is 0 Å². The van der Waals surface area contributed by atoms with Gasteiger partial charge in [0.1, 0.15) is 5.75 Å². The van der Waals surface area contributed by atoms with Crippen molar-refractivity contribution in [1.82, 2.24) is 4.98 Å². The Morgan fingerprint density at radius 2 is 1.28 bits per heavy atom. The zero-order chi connectivity index (χ0) is 22.1. The molecule has 3 aromatic rings. The summed E-state index contributed by atoms with van der Waals surface area (Å²) in [7, 11) is 0. The fourth-order valence-electron chi connectivity index (χ4n) is 1.54. The Labute approximate surface area is 158 Å². The number of hydrogen-bond donors (Lipinski definition) is 3. The van der Waals surface area contributed by atoms with Gasteiger partial charge in [-0.1, -0.05) is 6.07 Å². The van der Waals surface area contributed by atoms with Gasteiger partial charge in [-0.2, -0.15) is 8.78 Å². The van der Waals surface area contributed by atoms with Crippen LogP contribution < -0.4 is 5.56 Å². The van der Waals surface area contributed by atoms with Crippen LogP contribution >= 0.6 is 0 Å². The van der Waals surface area contributed by atoms with E-state index >= 15 is 0 Å². The van der Waals surface area contributed by atoms with Crippen LogP contribution in [0, 0.1) is 39.2 Å². The largest absolute Gasteiger partial charge is 0.508 e. The van der Waals surface area contributed by atoms with Gasteiger partial charge in [0.05, 0.1) is 4.92 Å². The number of nitrogens with zero attached hydrogens (tertiary/aromatic N) is 1. The minimum absolute atomic E-state index is 0.0159. The van der Waals surface area contributed by atoms with E-state index in [1.54, 1.807) is 18.3 Å². The van der Waals surface area contributed by atoms with Crippen LogP contribution in [0.2, 0.25) is 0 Å². The average molecular weight is 418 g/mol. The molecule has 0 atom stereocenters. The molecule has 0 spiro atoms. The number of H-pyrrole nitrogens is 1. The molecule has 0 unspecified atom stereocenters. The van der Waals surface area contributed by atoms with E-state index in [4.69, 9.17) is 10.2 Å². The third-order valence-electron chi connectivity index (χ3n) is 2.93. The number of aromatic amines is 1. The molecular formula is C17H11F5N2O5. The van der Waals surface area contributed by atoms with Crippen molar-refractivity contribution < 1.29 is 37.1 Å². The van der Waals surface area contributed by atoms with Crippen molar-refractivity contribution in [3.05, 3.63) is 98.2 Å². The minimum atomic E-state index is -2.29. The molecule has 3 N–H and O–H groups in total. The van der Waals surface area contributed by atoms with E-state index in [0.717, 1.165) is 0 Å². The molecule has 3 rings (SSSR count). The van der Waals surface area contributed by atoms with Crippen LogP contribution in [0.25, 0.3) is 0 Å². The van der Waals surface area contributed by atoms with Crippen molar-refractivity contribution in [2.45, 2.75) is 0 Å². The molecule has 154 valence electrons. The number of pyridine rings is 1. The van der Waals surface area contributed by atoms with Gasteiger partial charge in [-0.25, -0.2) is 13.2 Å². The Bertz CT molecular complexity index is 919. The van der Waals surface area contributed by atoms with Crippen molar-refractivity contribution in [3.8, 4) is 11.5 Å². The summed E-state index contributed by atoms with van der Waals surface area (Å²) in [6.07, 6.45) is 1.60. The highest BCUT2D eigenvalue weighted by atomic mass is 19.2. The standard InChI is InChI=1S/C6HF5O.C6H5NO3.C5H5NO/c7-1-2(8)4(10)6(12)5(11)3(1)9;8-6-3-1-5(2-4-6)7(9)10;7-5-3-1-2-4-6-5/h12H;1-4,8H;1-4H,(H,6,7). The number of benzene rings is 2. The van der Waals surface area contributed by atoms with E-state index in [1.807, 2.05) is 0 Å². The Hall–Kier alpha value is -3.96. The lowest BCUT2D eigenvalue weighted by Crippen LogP contribution is -2.00. The summed E-state index contributed by atoms with van der Waals surface area (Å²) >= 11 is 0. The van der Waals surface area contributed by atoms with Crippen molar-refractivity contribution in [1.29, 1.82) is 0 Å². The lowest BCUT2D eigenvalue weighted by molar-refractivity contribution is -0.384. The van der Waals surface area contributed by atoms with Crippen molar-refractivity contribution in [2.75, 3.05) is 0 Å². The smallest absolute Gasteiger partial charge is 0.269 e. The number of hydrogen-bond acceptors (Lipinski definition) is 5. The molecule has 12 heteroatoms. The van der Waals surface area contributed by atoms with E-state index in [0.29, 0.717) is 0 Å². The second kappa shape index (κ2) is 10.4. The Morgan fingerprint density at radius 3 is 1.62 bits per heavy atom. The number of halogens is 5. The number of phenolic OH excluding ortho intramolecular Hbond substituents is 2. The topological polar surface area (TPSA) is 116 Å². The average Bonchev–Trinajstić information content (AvgIpc) is 2.71. The molecular weight excluding hydrogens is 407 g/mol. The third kappa shape index (κ3) is 6.61. The monoisotopic (exact) mass is 418 g/mol. The molecule has 0 fully saturated rings. The lowest BCUT2D eigenvalue weighted by atomic mass is 10.3. The Morgan fingerprint density at radius 1 is 0.793 bits per heavy atom. The Kier molecular flexibility index (Phi) is 8.27. The van der Waals surface area contributed by atoms with E-state index < -0.39 is 39.8 Å². The summed E-state index contributed by atoms with van der Waals surface area (Å²) in [6.45, 7) is 0. The fourth-order valence-corrected chi connectivity index (χ4v) is 1.54. The number of non-ortho nitro benzene ring substituents is 1. The first-order valence-electron chi connectivity index (χ1n) is 7.33. The summed E-state index contributed by atoms with van der Waals surface area (Å²) in [6, 6.07) is 9.97. The molecule has 0 saturated carbocycles. The van der Waals surface area contributed by atoms with Crippen LogP contribution in [0.1, 0.15) is 0 Å². The third-order valence-corrected chi connectivity index (χ3v) is 2.93. The second-order valence-corrected chi connectivity index (χ2v) is 4.92. The zero-order valence-electron chi connectivity index (χ0n) is 14.1. The Balaban J connectivity index is 0.000000225. The highest BCUT2D eigenvalue weighted by molar-refractivity contribution is 5.35. The summed E-state index contributed by atoms with van der Waals surface area (Å²) in [5.74, 6) is -12.9. The number of nitrogens with one attached hydrogen (secondary N) is 1. The molecule has 0 aliphatic rings. The lowest BCUT2D eigenvalue weighted by Gasteiger charge is -2.00. The van der Waals surface area contributed by atoms with Crippen LogP contribution in [0.3, 0.4) is 0 Å². The first-order valence-corrected chi connectivity index (χ1v) is 7.33. The number of nitro benzene ring substituents is 1. The predicted octanol–water partition coefficient (Wildman–Crippen LogP) is 3.76. The summed E-state index contributed by atoms with van der Waals surface area (Å²) in [5.41, 5.74) is -0.0692. The van der Waals surface area contributed by atoms with Crippen LogP contribution in [0.15, 0.2) is 53.5 Å². The summed E-state index contributed by atoms with van der Waals surface area (Å²) in [4.78, 5) is 22.2. The first-order chi connectivity index (χ1) is 13.6. The summed E-state index contributed by atoms with van der Waals surface area (Å²) in [5, 5.41) is 27.0. The predicted molar refractivity (Wildman–Crippen MR) is 89.7 cm³/mol. The van der Waals surface area contributed by atoms with Gasteiger partial charge < -0.3 is 15.2 Å². The fraction of sp³-hybridized carbons (Fsp3) is 0. The van der Waals surface area contributed by atoms with Crippen LogP contribution in [-0.2, 0) is 0 Å². The number of aromatic hydroxyl groups is 2. The molecule has 1 heterocycles. The molecule has 7 nitrogen and oxygen atoms in total. The van der Waals surface area contributed by atoms with Gasteiger partial charge in [0, 0.05) is 24.4 Å².